The number of nitrogens with one attached hydrogen (secondary N) is 1. The predicted molar refractivity (Wildman–Crippen MR) is 92.8 cm³/mol. The molecule has 6 nitrogen and oxygen atoms in total. The largest absolute Gasteiger partial charge is 0.476 e. The lowest BCUT2D eigenvalue weighted by Crippen LogP contribution is -2.36. The van der Waals surface area contributed by atoms with E-state index in [-0.39, 0.29) is 18.6 Å². The molecule has 0 bridgehead atoms. The van der Waals surface area contributed by atoms with Crippen LogP contribution in [0.2, 0.25) is 0 Å². The van der Waals surface area contributed by atoms with Crippen LogP contribution in [0.5, 0.6) is 5.88 Å². The van der Waals surface area contributed by atoms with Crippen molar-refractivity contribution in [3.05, 3.63) is 17.8 Å². The van der Waals surface area contributed by atoms with E-state index in [1.807, 2.05) is 6.07 Å². The first-order valence-electron chi connectivity index (χ1n) is 9.00. The molecule has 1 aromatic heterocycles. The van der Waals surface area contributed by atoms with Gasteiger partial charge in [-0.2, -0.15) is 0 Å². The van der Waals surface area contributed by atoms with Crippen LogP contribution in [-0.4, -0.2) is 50.1 Å². The number of ether oxygens (including phenoxy) is 2. The quantitative estimate of drug-likeness (QED) is 0.741. The first-order chi connectivity index (χ1) is 12.2. The van der Waals surface area contributed by atoms with Gasteiger partial charge >= 0.3 is 0 Å². The third kappa shape index (κ3) is 5.04. The van der Waals surface area contributed by atoms with Crippen molar-refractivity contribution in [3.8, 4) is 5.88 Å². The Balaban J connectivity index is 1.70. The molecule has 1 aliphatic heterocycles. The van der Waals surface area contributed by atoms with Crippen LogP contribution in [0.4, 0.5) is 10.1 Å². The third-order valence-corrected chi connectivity index (χ3v) is 4.49. The number of halogens is 1. The van der Waals surface area contributed by atoms with E-state index < -0.39 is 6.86 Å². The Bertz CT molecular complexity index is 589. The van der Waals surface area contributed by atoms with Gasteiger partial charge in [-0.15, -0.1) is 0 Å². The number of carbonyl (C=O) groups excluding carboxylic acids is 1. The number of rotatable bonds is 9. The van der Waals surface area contributed by atoms with Gasteiger partial charge in [0.05, 0.1) is 18.9 Å². The lowest BCUT2D eigenvalue weighted by atomic mass is 10.2. The third-order valence-electron chi connectivity index (χ3n) is 4.49. The Morgan fingerprint density at radius 3 is 2.84 bits per heavy atom. The highest BCUT2D eigenvalue weighted by atomic mass is 19.1. The number of anilines is 1. The Morgan fingerprint density at radius 2 is 2.16 bits per heavy atom. The molecule has 0 spiro atoms. The van der Waals surface area contributed by atoms with Crippen LogP contribution in [0.3, 0.4) is 0 Å². The van der Waals surface area contributed by atoms with E-state index in [0.717, 1.165) is 31.6 Å². The molecule has 25 heavy (non-hydrogen) atoms. The number of hydrogen-bond donors (Lipinski definition) is 1. The maximum Gasteiger partial charge on any atom is 0.270 e. The number of hydrogen-bond acceptors (Lipinski definition) is 5. The predicted octanol–water partition coefficient (Wildman–Crippen LogP) is 2.53. The van der Waals surface area contributed by atoms with Gasteiger partial charge in [0.1, 0.15) is 5.69 Å². The first-order valence-corrected chi connectivity index (χ1v) is 9.00. The normalized spacial score (nSPS) is 18.2. The van der Waals surface area contributed by atoms with Crippen molar-refractivity contribution in [2.24, 2.45) is 5.92 Å². The van der Waals surface area contributed by atoms with Crippen molar-refractivity contribution in [1.82, 2.24) is 10.3 Å². The Morgan fingerprint density at radius 1 is 1.40 bits per heavy atom. The van der Waals surface area contributed by atoms with Gasteiger partial charge in [-0.1, -0.05) is 0 Å². The second-order valence-electron chi connectivity index (χ2n) is 6.82. The maximum atomic E-state index is 12.4. The van der Waals surface area contributed by atoms with Crippen LogP contribution in [0.1, 0.15) is 43.1 Å². The number of carbonyl (C=O) groups is 1. The van der Waals surface area contributed by atoms with E-state index in [0.29, 0.717) is 24.1 Å². The van der Waals surface area contributed by atoms with Crippen molar-refractivity contribution in [1.29, 1.82) is 0 Å². The van der Waals surface area contributed by atoms with E-state index in [2.05, 4.69) is 19.9 Å². The molecule has 0 aromatic carbocycles. The Hall–Kier alpha value is -1.89. The summed E-state index contributed by atoms with van der Waals surface area (Å²) >= 11 is 0. The molecular weight excluding hydrogens is 325 g/mol. The molecular formula is C18H26FN3O3. The highest BCUT2D eigenvalue weighted by molar-refractivity contribution is 5.93. The van der Waals surface area contributed by atoms with Gasteiger partial charge in [0, 0.05) is 19.1 Å². The van der Waals surface area contributed by atoms with Crippen molar-refractivity contribution in [2.75, 3.05) is 38.1 Å². The Labute approximate surface area is 147 Å². The minimum Gasteiger partial charge on any atom is -0.476 e. The summed E-state index contributed by atoms with van der Waals surface area (Å²) in [5, 5.41) is 2.76. The zero-order chi connectivity index (χ0) is 17.6. The minimum absolute atomic E-state index is 0.124. The van der Waals surface area contributed by atoms with E-state index in [4.69, 9.17) is 4.74 Å². The minimum atomic E-state index is -0.859. The van der Waals surface area contributed by atoms with Gasteiger partial charge in [0.25, 0.3) is 5.91 Å². The summed E-state index contributed by atoms with van der Waals surface area (Å²) in [5.74, 6) is 0.844. The highest BCUT2D eigenvalue weighted by Gasteiger charge is 2.25. The second-order valence-corrected chi connectivity index (χ2v) is 6.82. The van der Waals surface area contributed by atoms with Gasteiger partial charge in [0.15, 0.2) is 6.86 Å². The van der Waals surface area contributed by atoms with E-state index in [9.17, 15) is 9.18 Å². The van der Waals surface area contributed by atoms with Crippen LogP contribution in [0, 0.1) is 5.92 Å². The van der Waals surface area contributed by atoms with Crippen LogP contribution in [-0.2, 0) is 4.74 Å². The summed E-state index contributed by atoms with van der Waals surface area (Å²) in [6.07, 6.45) is 4.73. The summed E-state index contributed by atoms with van der Waals surface area (Å²) in [7, 11) is 0. The molecule has 1 saturated carbocycles. The molecule has 7 heteroatoms. The molecule has 3 rings (SSSR count). The fourth-order valence-corrected chi connectivity index (χ4v) is 2.91. The average Bonchev–Trinajstić information content (AvgIpc) is 3.29. The fourth-order valence-electron chi connectivity index (χ4n) is 2.91. The lowest BCUT2D eigenvalue weighted by Gasteiger charge is -2.21. The monoisotopic (exact) mass is 351 g/mol. The van der Waals surface area contributed by atoms with Gasteiger partial charge in [-0.25, -0.2) is 9.37 Å². The van der Waals surface area contributed by atoms with Crippen LogP contribution in [0.15, 0.2) is 12.1 Å². The van der Waals surface area contributed by atoms with Crippen LogP contribution < -0.4 is 15.0 Å². The topological polar surface area (TPSA) is 63.7 Å². The number of pyridine rings is 1. The van der Waals surface area contributed by atoms with E-state index in [1.54, 1.807) is 13.0 Å². The number of amides is 1. The first kappa shape index (κ1) is 17.9. The van der Waals surface area contributed by atoms with E-state index >= 15 is 0 Å². The molecule has 1 aliphatic carbocycles. The van der Waals surface area contributed by atoms with Crippen LogP contribution >= 0.6 is 0 Å². The molecule has 0 radical (unpaired) electrons. The average molecular weight is 351 g/mol. The number of alkyl halides is 1. The standard InChI is InChI=1S/C18H26FN3O3/c1-13(10-24-12-19)20-17(23)15-6-7-16(22-8-2-3-9-22)18(21-15)25-11-14-4-5-14/h6-7,13-14H,2-5,8-12H2,1H3,(H,20,23)/t13-/m0/s1. The molecule has 1 amide bonds. The van der Waals surface area contributed by atoms with Gasteiger partial charge < -0.3 is 19.7 Å². The van der Waals surface area contributed by atoms with Gasteiger partial charge in [-0.05, 0) is 50.7 Å². The highest BCUT2D eigenvalue weighted by Crippen LogP contribution is 2.33. The molecule has 138 valence electrons. The molecule has 1 saturated heterocycles. The Kier molecular flexibility index (Phi) is 6.07. The molecule has 2 fully saturated rings. The van der Waals surface area contributed by atoms with Crippen molar-refractivity contribution in [3.63, 3.8) is 0 Å². The van der Waals surface area contributed by atoms with Crippen molar-refractivity contribution in [2.45, 2.75) is 38.6 Å². The molecule has 1 atom stereocenters. The summed E-state index contributed by atoms with van der Waals surface area (Å²) < 4.78 is 22.7. The van der Waals surface area contributed by atoms with Crippen molar-refractivity contribution < 1.29 is 18.7 Å². The number of aromatic nitrogens is 1. The second kappa shape index (κ2) is 8.47. The smallest absolute Gasteiger partial charge is 0.270 e. The van der Waals surface area contributed by atoms with Crippen LogP contribution in [0.25, 0.3) is 0 Å². The summed E-state index contributed by atoms with van der Waals surface area (Å²) in [6, 6.07) is 3.34. The summed E-state index contributed by atoms with van der Waals surface area (Å²) in [6.45, 7) is 3.66. The summed E-state index contributed by atoms with van der Waals surface area (Å²) in [4.78, 5) is 19.1. The molecule has 1 aromatic rings. The fraction of sp³-hybridized carbons (Fsp3) is 0.667. The van der Waals surface area contributed by atoms with E-state index in [1.165, 1.54) is 12.8 Å². The number of nitrogens with zero attached hydrogens (tertiary/aromatic N) is 2. The summed E-state index contributed by atoms with van der Waals surface area (Å²) in [5.41, 5.74) is 1.27. The molecule has 0 unspecified atom stereocenters. The zero-order valence-corrected chi connectivity index (χ0v) is 14.7. The van der Waals surface area contributed by atoms with Gasteiger partial charge in [-0.3, -0.25) is 4.79 Å². The lowest BCUT2D eigenvalue weighted by molar-refractivity contribution is 0.0444. The molecule has 1 N–H and O–H groups in total. The molecule has 2 aliphatic rings. The molecule has 2 heterocycles. The van der Waals surface area contributed by atoms with Crippen molar-refractivity contribution >= 4 is 11.6 Å². The zero-order valence-electron chi connectivity index (χ0n) is 14.7. The SMILES string of the molecule is C[C@@H](COCF)NC(=O)c1ccc(N2CCCC2)c(OCC2CC2)n1. The van der Waals surface area contributed by atoms with Gasteiger partial charge in [0.2, 0.25) is 5.88 Å². The maximum absolute atomic E-state index is 12.4.